The van der Waals surface area contributed by atoms with Gasteiger partial charge in [-0.05, 0) is 142 Å². The molecule has 3 nitrogen and oxygen atoms in total. The molecule has 0 bridgehead atoms. The molecule has 4 heterocycles. The van der Waals surface area contributed by atoms with Gasteiger partial charge in [0, 0.05) is 27.7 Å². The van der Waals surface area contributed by atoms with Crippen LogP contribution in [0, 0.1) is 0 Å². The van der Waals surface area contributed by atoms with Gasteiger partial charge in [0.2, 0.25) is 0 Å². The first-order valence-electron chi connectivity index (χ1n) is 25.8. The van der Waals surface area contributed by atoms with Gasteiger partial charge in [0.15, 0.2) is 8.07 Å². The van der Waals surface area contributed by atoms with Crippen LogP contribution in [0.2, 0.25) is 0 Å². The number of anilines is 3. The lowest BCUT2D eigenvalue weighted by molar-refractivity contribution is 0.486. The van der Waals surface area contributed by atoms with Crippen LogP contribution in [0.3, 0.4) is 0 Å². The van der Waals surface area contributed by atoms with E-state index in [1.165, 1.54) is 76.2 Å². The Morgan fingerprint density at radius 3 is 1.78 bits per heavy atom. The molecule has 0 saturated heterocycles. The van der Waals surface area contributed by atoms with Crippen molar-refractivity contribution < 1.29 is 9.15 Å². The zero-order valence-electron chi connectivity index (χ0n) is 42.1. The van der Waals surface area contributed by atoms with Crippen LogP contribution in [0.25, 0.3) is 55.3 Å². The Balaban J connectivity index is 1.12. The number of fused-ring (bicyclic) bond motifs is 10. The van der Waals surface area contributed by atoms with E-state index in [-0.39, 0.29) is 17.5 Å². The molecule has 0 fully saturated rings. The highest BCUT2D eigenvalue weighted by Crippen LogP contribution is 2.49. The maximum atomic E-state index is 7.35. The summed E-state index contributed by atoms with van der Waals surface area (Å²) >= 11 is 0. The van der Waals surface area contributed by atoms with Crippen LogP contribution in [0.15, 0.2) is 223 Å². The number of benzene rings is 10. The number of nitrogens with zero attached hydrogens (tertiary/aromatic N) is 1. The van der Waals surface area contributed by atoms with Crippen LogP contribution < -0.4 is 46.8 Å². The van der Waals surface area contributed by atoms with E-state index in [1.807, 2.05) is 6.07 Å². The maximum Gasteiger partial charge on any atom is 0.256 e. The molecule has 0 unspecified atom stereocenters. The average Bonchev–Trinajstić information content (AvgIpc) is 3.94. The Morgan fingerprint density at radius 2 is 1.04 bits per heavy atom. The summed E-state index contributed by atoms with van der Waals surface area (Å²) in [7, 11) is -2.89. The van der Waals surface area contributed by atoms with Gasteiger partial charge >= 0.3 is 0 Å². The van der Waals surface area contributed by atoms with Crippen molar-refractivity contribution in [2.75, 3.05) is 4.90 Å². The summed E-state index contributed by atoms with van der Waals surface area (Å²) in [6, 6.07) is 82.1. The van der Waals surface area contributed by atoms with Crippen molar-refractivity contribution in [1.29, 1.82) is 0 Å². The van der Waals surface area contributed by atoms with Gasteiger partial charge in [-0.25, -0.2) is 0 Å². The van der Waals surface area contributed by atoms with Crippen molar-refractivity contribution in [3.63, 3.8) is 0 Å². The topological polar surface area (TPSA) is 25.6 Å². The fraction of sp³-hybridized carbons (Fsp3) is 0.118. The number of furan rings is 1. The van der Waals surface area contributed by atoms with Crippen molar-refractivity contribution >= 4 is 90.9 Å². The summed E-state index contributed by atoms with van der Waals surface area (Å²) in [6.45, 7) is 13.8. The monoisotopic (exact) mass is 955 g/mol. The predicted octanol–water partition coefficient (Wildman–Crippen LogP) is 13.3. The fourth-order valence-electron chi connectivity index (χ4n) is 12.5. The molecule has 0 atom stereocenters. The molecule has 0 aliphatic carbocycles. The number of ether oxygens (including phenoxy) is 1. The number of hydrogen-bond acceptors (Lipinski definition) is 3. The summed E-state index contributed by atoms with van der Waals surface area (Å²) in [5.41, 5.74) is 18.4. The third-order valence-corrected chi connectivity index (χ3v) is 21.0. The summed E-state index contributed by atoms with van der Waals surface area (Å²) < 4.78 is 13.9. The van der Waals surface area contributed by atoms with Gasteiger partial charge in [-0.1, -0.05) is 205 Å². The molecule has 11 aromatic rings. The third kappa shape index (κ3) is 6.58. The van der Waals surface area contributed by atoms with Gasteiger partial charge in [0.1, 0.15) is 22.7 Å². The van der Waals surface area contributed by atoms with Crippen molar-refractivity contribution in [3.05, 3.63) is 230 Å². The zero-order valence-corrected chi connectivity index (χ0v) is 43.1. The Hall–Kier alpha value is -8.12. The van der Waals surface area contributed by atoms with Crippen molar-refractivity contribution in [1.82, 2.24) is 0 Å². The van der Waals surface area contributed by atoms with Gasteiger partial charge in [0.25, 0.3) is 6.71 Å². The molecular weight excluding hydrogens is 902 g/mol. The summed E-state index contributed by atoms with van der Waals surface area (Å²) in [4.78, 5) is 2.60. The first-order chi connectivity index (χ1) is 35.4. The van der Waals surface area contributed by atoms with E-state index in [1.54, 1.807) is 0 Å². The summed E-state index contributed by atoms with van der Waals surface area (Å²) in [6.07, 6.45) is 0. The van der Waals surface area contributed by atoms with E-state index in [0.29, 0.717) is 0 Å². The van der Waals surface area contributed by atoms with Crippen LogP contribution in [-0.2, 0) is 10.8 Å². The van der Waals surface area contributed by atoms with E-state index in [4.69, 9.17) is 9.15 Å². The van der Waals surface area contributed by atoms with E-state index in [0.717, 1.165) is 55.9 Å². The molecule has 5 heteroatoms. The maximum absolute atomic E-state index is 7.35. The lowest BCUT2D eigenvalue weighted by Gasteiger charge is -2.42. The van der Waals surface area contributed by atoms with Gasteiger partial charge in [0.05, 0.1) is 5.69 Å². The summed E-state index contributed by atoms with van der Waals surface area (Å²) in [5.74, 6) is 1.78. The van der Waals surface area contributed by atoms with E-state index >= 15 is 0 Å². The van der Waals surface area contributed by atoms with E-state index < -0.39 is 8.07 Å². The minimum Gasteiger partial charge on any atom is -0.458 e. The molecule has 10 aromatic carbocycles. The highest BCUT2D eigenvalue weighted by atomic mass is 28.3. The molecule has 0 spiro atoms. The molecule has 14 rings (SSSR count). The Bertz CT molecular complexity index is 3990. The standard InChI is InChI=1S/C68H54BNO2Si/c1-67(2,3)46-31-34-57(53(39-46)43-20-10-7-11-21-43)70-58-41-54-52-27-17-19-29-64(52)73(48-22-12-8-13-23-48,49-24-14-9-15-25-49)65(54)42-55(58)69-56-40-47(68(4,5)6)32-35-61(56)72-63-38-45(36-59(70)66(63)69)44-30-33-51-50-26-16-18-28-60(50)71-62(51)37-44/h7-42H,1-6H3. The fourth-order valence-corrected chi connectivity index (χ4v) is 17.7. The van der Waals surface area contributed by atoms with Gasteiger partial charge in [-0.15, -0.1) is 0 Å². The molecule has 0 amide bonds. The molecular formula is C68H54BNO2Si. The molecule has 73 heavy (non-hydrogen) atoms. The van der Waals surface area contributed by atoms with Crippen molar-refractivity contribution in [2.24, 2.45) is 0 Å². The lowest BCUT2D eigenvalue weighted by atomic mass is 9.34. The molecule has 3 aliphatic rings. The Morgan fingerprint density at radius 1 is 0.397 bits per heavy atom. The van der Waals surface area contributed by atoms with Crippen LogP contribution in [0.1, 0.15) is 52.7 Å². The first-order valence-corrected chi connectivity index (χ1v) is 27.8. The Kier molecular flexibility index (Phi) is 9.53. The van der Waals surface area contributed by atoms with E-state index in [2.05, 4.69) is 259 Å². The minimum atomic E-state index is -2.89. The minimum absolute atomic E-state index is 0.0724. The SMILES string of the molecule is CC(C)(C)c1ccc2c(c1)B1c3cc4c(cc3N(c3ccc(C(C)(C)C)cc3-c3ccccc3)c3cc(-c5ccc6c(c5)oc5ccccc56)cc(c31)O2)-c1ccccc1[Si]4(c1ccccc1)c1ccccc1. The number of rotatable bonds is 5. The highest BCUT2D eigenvalue weighted by Gasteiger charge is 2.51. The van der Waals surface area contributed by atoms with Crippen LogP contribution in [0.4, 0.5) is 17.1 Å². The Labute approximate surface area is 429 Å². The first kappa shape index (κ1) is 43.7. The predicted molar refractivity (Wildman–Crippen MR) is 310 cm³/mol. The third-order valence-electron chi connectivity index (χ3n) is 16.1. The van der Waals surface area contributed by atoms with Gasteiger partial charge in [-0.2, -0.15) is 0 Å². The van der Waals surface area contributed by atoms with Crippen molar-refractivity contribution in [2.45, 2.75) is 52.4 Å². The van der Waals surface area contributed by atoms with Crippen molar-refractivity contribution in [3.8, 4) is 44.9 Å². The number of hydrogen-bond donors (Lipinski definition) is 0. The number of para-hydroxylation sites is 1. The molecule has 0 saturated carbocycles. The quantitative estimate of drug-likeness (QED) is 0.161. The molecule has 3 aliphatic heterocycles. The molecule has 0 N–H and O–H groups in total. The van der Waals surface area contributed by atoms with E-state index in [9.17, 15) is 0 Å². The lowest BCUT2D eigenvalue weighted by Crippen LogP contribution is -2.73. The normalized spacial score (nSPS) is 14.1. The van der Waals surface area contributed by atoms with Gasteiger partial charge < -0.3 is 14.1 Å². The van der Waals surface area contributed by atoms with Crippen LogP contribution >= 0.6 is 0 Å². The molecule has 0 radical (unpaired) electrons. The zero-order chi connectivity index (χ0) is 49.4. The molecule has 1 aromatic heterocycles. The highest BCUT2D eigenvalue weighted by molar-refractivity contribution is 7.22. The second-order valence-electron chi connectivity index (χ2n) is 22.4. The molecule has 350 valence electrons. The largest absolute Gasteiger partial charge is 0.458 e. The van der Waals surface area contributed by atoms with Crippen LogP contribution in [-0.4, -0.2) is 14.8 Å². The second-order valence-corrected chi connectivity index (χ2v) is 26.2. The second kappa shape index (κ2) is 15.9. The van der Waals surface area contributed by atoms with Gasteiger partial charge in [-0.3, -0.25) is 0 Å². The smallest absolute Gasteiger partial charge is 0.256 e. The average molecular weight is 956 g/mol. The van der Waals surface area contributed by atoms with Crippen LogP contribution in [0.5, 0.6) is 11.5 Å². The summed E-state index contributed by atoms with van der Waals surface area (Å²) in [5, 5.41) is 7.87.